The molecule has 0 aliphatic heterocycles. The normalized spacial score (nSPS) is 2.60. The van der Waals surface area contributed by atoms with Crippen molar-refractivity contribution in [1.82, 2.24) is 0 Å². The average molecular weight is 132 g/mol. The third-order valence-corrected chi connectivity index (χ3v) is 0. The van der Waals surface area contributed by atoms with Crippen LogP contribution in [-0.4, -0.2) is 5.39 Å². The molecule has 0 spiro atoms. The van der Waals surface area contributed by atoms with Crippen LogP contribution < -0.4 is 0 Å². The summed E-state index contributed by atoms with van der Waals surface area (Å²) < 4.78 is 0. The molecular weight excluding hydrogens is 123 g/mol. The fourth-order valence-corrected chi connectivity index (χ4v) is 0. The van der Waals surface area contributed by atoms with Crippen molar-refractivity contribution in [2.75, 3.05) is 0 Å². The third-order valence-electron chi connectivity index (χ3n) is 0. The van der Waals surface area contributed by atoms with E-state index in [9.17, 15) is 0 Å². The zero-order chi connectivity index (χ0) is 2.71. The van der Waals surface area contributed by atoms with Crippen LogP contribution >= 0.6 is 10.0 Å². The Hall–Kier alpha value is 0.692. The van der Waals surface area contributed by atoms with E-state index in [0.717, 1.165) is 0 Å². The molecule has 0 N–H and O–H groups in total. The predicted molar refractivity (Wildman–Crippen MR) is 25.8 cm³/mol. The summed E-state index contributed by atoms with van der Waals surface area (Å²) in [7, 11) is 4.95. The molecule has 0 rings (SSSR count). The van der Waals surface area contributed by atoms with E-state index in [0.29, 0.717) is 0 Å². The molecule has 0 nitrogen and oxygen atoms in total. The van der Waals surface area contributed by atoms with Gasteiger partial charge < -0.3 is 14.9 Å². The molecule has 0 aromatic heterocycles. The van der Waals surface area contributed by atoms with E-state index >= 15 is 0 Å². The third kappa shape index (κ3) is 70.9. The fraction of sp³-hybridized carbons (Fsp3) is 0. The van der Waals surface area contributed by atoms with Gasteiger partial charge in [-0.05, 0) is 0 Å². The second kappa shape index (κ2) is 22.3. The van der Waals surface area contributed by atoms with Crippen molar-refractivity contribution in [2.45, 2.75) is 0 Å². The van der Waals surface area contributed by atoms with Crippen molar-refractivity contribution in [3.8, 4) is 0 Å². The molecule has 0 aliphatic carbocycles. The Morgan fingerprint density at radius 1 is 1.40 bits per heavy atom. The second-order valence-electron chi connectivity index (χ2n) is 0.109. The van der Waals surface area contributed by atoms with Gasteiger partial charge in [0.05, 0.1) is 0 Å². The van der Waals surface area contributed by atoms with Gasteiger partial charge >= 0.3 is 29.3 Å². The molecular formula is C3H8ClCr-2. The van der Waals surface area contributed by atoms with Crippen molar-refractivity contribution in [2.24, 2.45) is 0 Å². The van der Waals surface area contributed by atoms with Crippen LogP contribution in [0.25, 0.3) is 0 Å². The zero-order valence-electron chi connectivity index (χ0n) is 3.49. The minimum absolute atomic E-state index is 0. The van der Waals surface area contributed by atoms with Crippen LogP contribution in [0.3, 0.4) is 0 Å². The maximum Gasteiger partial charge on any atom is -0.358 e. The molecule has 0 aliphatic rings. The molecule has 0 fully saturated rings. The molecule has 0 bridgehead atoms. The van der Waals surface area contributed by atoms with Crippen LogP contribution in [-0.2, 0) is 13.9 Å². The van der Waals surface area contributed by atoms with Crippen molar-refractivity contribution >= 4 is 15.4 Å². The largest absolute Gasteiger partial charge is 0.358 e. The number of hydrogen-bond donors (Lipinski definition) is 0. The Balaban J connectivity index is -0.0000000200. The maximum atomic E-state index is 4.95. The van der Waals surface area contributed by atoms with Crippen LogP contribution in [0.2, 0.25) is 0 Å². The molecule has 5 heavy (non-hydrogen) atoms. The molecule has 0 saturated carbocycles. The monoisotopic (exact) mass is 131 g/mol. The summed E-state index contributed by atoms with van der Waals surface area (Å²) in [6.45, 7) is 0. The van der Waals surface area contributed by atoms with E-state index in [2.05, 4.69) is 5.39 Å². The summed E-state index contributed by atoms with van der Waals surface area (Å²) in [5.41, 5.74) is 0. The maximum absolute atomic E-state index is 4.95. The van der Waals surface area contributed by atoms with Crippen LogP contribution in [0.15, 0.2) is 0 Å². The zero-order valence-corrected chi connectivity index (χ0v) is 5.52. The Labute approximate surface area is 44.6 Å². The van der Waals surface area contributed by atoms with Crippen molar-refractivity contribution in [1.29, 1.82) is 0 Å². The van der Waals surface area contributed by atoms with Gasteiger partial charge in [-0.1, -0.05) is 0 Å². The standard InChI is InChI=1S/2CH3.CH2.ClH.Cr/h2*1H3;1H2;1H;/q2*-1;;;+1/p-1. The Morgan fingerprint density at radius 3 is 1.40 bits per heavy atom. The van der Waals surface area contributed by atoms with Crippen molar-refractivity contribution < 1.29 is 13.9 Å². The van der Waals surface area contributed by atoms with Gasteiger partial charge in [0.2, 0.25) is 0 Å². The molecule has 0 radical (unpaired) electrons. The Morgan fingerprint density at radius 2 is 1.40 bits per heavy atom. The van der Waals surface area contributed by atoms with E-state index < -0.39 is 0 Å². The number of hydrogen-bond acceptors (Lipinski definition) is 0. The van der Waals surface area contributed by atoms with E-state index in [1.54, 1.807) is 0 Å². The average Bonchev–Trinajstić information content (AvgIpc) is 0.918. The first-order chi connectivity index (χ1) is 1.41. The molecule has 0 heterocycles. The van der Waals surface area contributed by atoms with Crippen LogP contribution in [0.1, 0.15) is 0 Å². The van der Waals surface area contributed by atoms with Crippen LogP contribution in [0.4, 0.5) is 0 Å². The van der Waals surface area contributed by atoms with Crippen LogP contribution in [0, 0.1) is 14.9 Å². The van der Waals surface area contributed by atoms with Crippen LogP contribution in [0.5, 0.6) is 0 Å². The van der Waals surface area contributed by atoms with E-state index in [4.69, 9.17) is 10.0 Å². The summed E-state index contributed by atoms with van der Waals surface area (Å²) in [5.74, 6) is 0. The van der Waals surface area contributed by atoms with Gasteiger partial charge in [0.1, 0.15) is 0 Å². The van der Waals surface area contributed by atoms with Gasteiger partial charge in [-0.3, -0.25) is 0 Å². The van der Waals surface area contributed by atoms with Gasteiger partial charge in [0.15, 0.2) is 0 Å². The fourth-order valence-electron chi connectivity index (χ4n) is 0. The number of rotatable bonds is 0. The first-order valence-corrected chi connectivity index (χ1v) is 3.10. The quantitative estimate of drug-likeness (QED) is 0.438. The minimum Gasteiger partial charge on any atom is -0.358 e. The molecule has 0 saturated heterocycles. The second-order valence-corrected chi connectivity index (χ2v) is 1.35. The first-order valence-electron chi connectivity index (χ1n) is 0.443. The molecule has 0 amide bonds. The predicted octanol–water partition coefficient (Wildman–Crippen LogP) is 1.56. The Bertz CT molecular complexity index is 14.4. The van der Waals surface area contributed by atoms with Gasteiger partial charge in [-0.15, -0.1) is 0 Å². The summed E-state index contributed by atoms with van der Waals surface area (Å²) in [4.78, 5) is 0. The topological polar surface area (TPSA) is 0 Å². The molecule has 0 unspecified atom stereocenters. The molecule has 0 aromatic rings. The molecule has 2 heteroatoms. The molecule has 0 atom stereocenters. The Kier molecular flexibility index (Phi) is 77.2. The summed E-state index contributed by atoms with van der Waals surface area (Å²) >= 11 is 0.0972. The summed E-state index contributed by atoms with van der Waals surface area (Å²) in [6.07, 6.45) is 0. The van der Waals surface area contributed by atoms with Crippen molar-refractivity contribution in [3.63, 3.8) is 0 Å². The number of halogens is 1. The van der Waals surface area contributed by atoms with Gasteiger partial charge in [-0.2, -0.15) is 0 Å². The van der Waals surface area contributed by atoms with Gasteiger partial charge in [-0.25, -0.2) is 0 Å². The summed E-state index contributed by atoms with van der Waals surface area (Å²) in [6, 6.07) is 0. The van der Waals surface area contributed by atoms with Crippen molar-refractivity contribution in [3.05, 3.63) is 14.9 Å². The SMILES string of the molecule is [CH2]=[Cr][Cl].[CH3-].[CH3-]. The summed E-state index contributed by atoms with van der Waals surface area (Å²) in [5, 5.41) is 3.31. The van der Waals surface area contributed by atoms with E-state index in [-0.39, 0.29) is 28.7 Å². The van der Waals surface area contributed by atoms with Gasteiger partial charge in [0, 0.05) is 0 Å². The first kappa shape index (κ1) is 17.3. The van der Waals surface area contributed by atoms with E-state index in [1.165, 1.54) is 0 Å². The molecule has 35 valence electrons. The van der Waals surface area contributed by atoms with Gasteiger partial charge in [0.25, 0.3) is 0 Å². The smallest absolute Gasteiger partial charge is 0.358 e. The van der Waals surface area contributed by atoms with E-state index in [1.807, 2.05) is 0 Å². The minimum atomic E-state index is 0. The molecule has 0 aromatic carbocycles.